The Morgan fingerprint density at radius 2 is 2.21 bits per heavy atom. The number of halogens is 1. The molecule has 0 aliphatic carbocycles. The van der Waals surface area contributed by atoms with Crippen molar-refractivity contribution in [1.29, 1.82) is 0 Å². The lowest BCUT2D eigenvalue weighted by Crippen LogP contribution is -2.10. The van der Waals surface area contributed by atoms with Gasteiger partial charge in [-0.3, -0.25) is 0 Å². The minimum atomic E-state index is 0.299. The summed E-state index contributed by atoms with van der Waals surface area (Å²) in [4.78, 5) is 0. The van der Waals surface area contributed by atoms with Gasteiger partial charge in [0.1, 0.15) is 11.5 Å². The van der Waals surface area contributed by atoms with E-state index in [0.29, 0.717) is 5.75 Å². The maximum Gasteiger partial charge on any atom is 0.133 e. The van der Waals surface area contributed by atoms with E-state index in [2.05, 4.69) is 21.2 Å². The number of ether oxygens (including phenoxy) is 1. The number of aromatic hydroxyl groups is 1. The zero-order valence-corrected chi connectivity index (χ0v) is 9.89. The van der Waals surface area contributed by atoms with Crippen molar-refractivity contribution < 1.29 is 9.84 Å². The van der Waals surface area contributed by atoms with Gasteiger partial charge in [0.2, 0.25) is 0 Å². The molecular weight excluding hydrogens is 246 g/mol. The summed E-state index contributed by atoms with van der Waals surface area (Å²) in [6.07, 6.45) is 0.784. The second-order valence-electron chi connectivity index (χ2n) is 2.97. The van der Waals surface area contributed by atoms with Crippen molar-refractivity contribution in [3.63, 3.8) is 0 Å². The van der Waals surface area contributed by atoms with Crippen LogP contribution in [-0.2, 0) is 6.42 Å². The summed E-state index contributed by atoms with van der Waals surface area (Å²) in [5, 5.41) is 12.7. The third kappa shape index (κ3) is 2.62. The first kappa shape index (κ1) is 11.3. The molecule has 1 aromatic rings. The standard InChI is InChI=1S/C10H14BrNO2/c1-12-4-3-7-5-10(14-2)8(11)6-9(7)13/h5-6,12-13H,3-4H2,1-2H3. The molecule has 0 fully saturated rings. The number of benzene rings is 1. The van der Waals surface area contributed by atoms with Gasteiger partial charge in [0.05, 0.1) is 11.6 Å². The van der Waals surface area contributed by atoms with E-state index in [0.717, 1.165) is 28.8 Å². The molecule has 0 spiro atoms. The van der Waals surface area contributed by atoms with Crippen LogP contribution in [0.15, 0.2) is 16.6 Å². The van der Waals surface area contributed by atoms with Crippen LogP contribution in [0, 0.1) is 0 Å². The zero-order valence-electron chi connectivity index (χ0n) is 8.30. The largest absolute Gasteiger partial charge is 0.508 e. The molecule has 0 radical (unpaired) electrons. The molecule has 78 valence electrons. The zero-order chi connectivity index (χ0) is 10.6. The average molecular weight is 260 g/mol. The fraction of sp³-hybridized carbons (Fsp3) is 0.400. The van der Waals surface area contributed by atoms with Crippen LogP contribution in [0.2, 0.25) is 0 Å². The maximum absolute atomic E-state index is 9.62. The molecule has 2 N–H and O–H groups in total. The van der Waals surface area contributed by atoms with Crippen molar-refractivity contribution in [3.05, 3.63) is 22.2 Å². The highest BCUT2D eigenvalue weighted by atomic mass is 79.9. The van der Waals surface area contributed by atoms with Crippen LogP contribution in [0.5, 0.6) is 11.5 Å². The summed E-state index contributed by atoms with van der Waals surface area (Å²) in [6, 6.07) is 3.50. The number of phenols is 1. The van der Waals surface area contributed by atoms with Gasteiger partial charge in [-0.1, -0.05) is 0 Å². The summed E-state index contributed by atoms with van der Waals surface area (Å²) in [5.41, 5.74) is 0.888. The van der Waals surface area contributed by atoms with Gasteiger partial charge in [-0.05, 0) is 53.6 Å². The number of rotatable bonds is 4. The highest BCUT2D eigenvalue weighted by molar-refractivity contribution is 9.10. The van der Waals surface area contributed by atoms with Crippen molar-refractivity contribution in [3.8, 4) is 11.5 Å². The SMILES string of the molecule is CNCCc1cc(OC)c(Br)cc1O. The van der Waals surface area contributed by atoms with E-state index in [9.17, 15) is 5.11 Å². The van der Waals surface area contributed by atoms with E-state index in [-0.39, 0.29) is 0 Å². The molecule has 0 amide bonds. The van der Waals surface area contributed by atoms with Crippen LogP contribution in [0.4, 0.5) is 0 Å². The molecule has 0 bridgehead atoms. The molecule has 0 saturated carbocycles. The third-order valence-electron chi connectivity index (χ3n) is 2.00. The van der Waals surface area contributed by atoms with Crippen molar-refractivity contribution in [1.82, 2.24) is 5.32 Å². The van der Waals surface area contributed by atoms with E-state index in [1.807, 2.05) is 13.1 Å². The summed E-state index contributed by atoms with van der Waals surface area (Å²) >= 11 is 3.31. The predicted molar refractivity (Wildman–Crippen MR) is 60.0 cm³/mol. The van der Waals surface area contributed by atoms with Crippen molar-refractivity contribution in [2.75, 3.05) is 20.7 Å². The molecule has 0 atom stereocenters. The maximum atomic E-state index is 9.62. The molecule has 1 aromatic carbocycles. The Kier molecular flexibility index (Phi) is 4.22. The smallest absolute Gasteiger partial charge is 0.133 e. The third-order valence-corrected chi connectivity index (χ3v) is 2.62. The van der Waals surface area contributed by atoms with Crippen LogP contribution in [-0.4, -0.2) is 25.8 Å². The van der Waals surface area contributed by atoms with Gasteiger partial charge in [0.25, 0.3) is 0 Å². The van der Waals surface area contributed by atoms with Gasteiger partial charge in [0.15, 0.2) is 0 Å². The molecule has 0 saturated heterocycles. The number of nitrogens with one attached hydrogen (secondary N) is 1. The lowest BCUT2D eigenvalue weighted by Gasteiger charge is -2.08. The van der Waals surface area contributed by atoms with Crippen molar-refractivity contribution in [2.24, 2.45) is 0 Å². The van der Waals surface area contributed by atoms with Crippen LogP contribution < -0.4 is 10.1 Å². The molecule has 4 heteroatoms. The van der Waals surface area contributed by atoms with E-state index in [1.54, 1.807) is 13.2 Å². The lowest BCUT2D eigenvalue weighted by atomic mass is 10.1. The molecule has 0 aliphatic heterocycles. The topological polar surface area (TPSA) is 41.5 Å². The molecule has 0 aromatic heterocycles. The average Bonchev–Trinajstić information content (AvgIpc) is 2.17. The molecule has 0 aliphatic rings. The van der Waals surface area contributed by atoms with Crippen molar-refractivity contribution in [2.45, 2.75) is 6.42 Å². The summed E-state index contributed by atoms with van der Waals surface area (Å²) < 4.78 is 5.91. The summed E-state index contributed by atoms with van der Waals surface area (Å²) in [5.74, 6) is 1.04. The molecule has 1 rings (SSSR count). The predicted octanol–water partition coefficient (Wildman–Crippen LogP) is 1.93. The van der Waals surface area contributed by atoms with Gasteiger partial charge in [0, 0.05) is 0 Å². The Bertz CT molecular complexity index is 315. The minimum absolute atomic E-state index is 0.299. The van der Waals surface area contributed by atoms with Crippen LogP contribution in [0.1, 0.15) is 5.56 Å². The number of methoxy groups -OCH3 is 1. The van der Waals surface area contributed by atoms with Gasteiger partial charge < -0.3 is 15.2 Å². The van der Waals surface area contributed by atoms with Gasteiger partial charge in [-0.2, -0.15) is 0 Å². The number of hydrogen-bond acceptors (Lipinski definition) is 3. The van der Waals surface area contributed by atoms with Crippen LogP contribution >= 0.6 is 15.9 Å². The van der Waals surface area contributed by atoms with Gasteiger partial charge >= 0.3 is 0 Å². The summed E-state index contributed by atoms with van der Waals surface area (Å²) in [6.45, 7) is 0.832. The lowest BCUT2D eigenvalue weighted by molar-refractivity contribution is 0.407. The molecule has 14 heavy (non-hydrogen) atoms. The van der Waals surface area contributed by atoms with Gasteiger partial charge in [-0.25, -0.2) is 0 Å². The molecular formula is C10H14BrNO2. The monoisotopic (exact) mass is 259 g/mol. The van der Waals surface area contributed by atoms with Crippen molar-refractivity contribution >= 4 is 15.9 Å². The first-order chi connectivity index (χ1) is 6.69. The number of phenolic OH excluding ortho intramolecular Hbond substituents is 1. The molecule has 0 heterocycles. The normalized spacial score (nSPS) is 10.2. The van der Waals surface area contributed by atoms with Crippen LogP contribution in [0.25, 0.3) is 0 Å². The highest BCUT2D eigenvalue weighted by Crippen LogP contribution is 2.32. The van der Waals surface area contributed by atoms with E-state index in [1.165, 1.54) is 0 Å². The molecule has 3 nitrogen and oxygen atoms in total. The first-order valence-corrected chi connectivity index (χ1v) is 5.18. The van der Waals surface area contributed by atoms with Crippen LogP contribution in [0.3, 0.4) is 0 Å². The fourth-order valence-electron chi connectivity index (χ4n) is 1.20. The van der Waals surface area contributed by atoms with E-state index >= 15 is 0 Å². The van der Waals surface area contributed by atoms with E-state index < -0.39 is 0 Å². The number of likely N-dealkylation sites (N-methyl/N-ethyl adjacent to an activating group) is 1. The molecule has 0 unspecified atom stereocenters. The van der Waals surface area contributed by atoms with Gasteiger partial charge in [-0.15, -0.1) is 0 Å². The number of hydrogen-bond donors (Lipinski definition) is 2. The highest BCUT2D eigenvalue weighted by Gasteiger charge is 2.07. The second-order valence-corrected chi connectivity index (χ2v) is 3.82. The quantitative estimate of drug-likeness (QED) is 0.869. The Morgan fingerprint density at radius 1 is 1.50 bits per heavy atom. The Morgan fingerprint density at radius 3 is 2.79 bits per heavy atom. The first-order valence-electron chi connectivity index (χ1n) is 4.39. The summed E-state index contributed by atoms with van der Waals surface area (Å²) in [7, 11) is 3.49. The minimum Gasteiger partial charge on any atom is -0.508 e. The second kappa shape index (κ2) is 5.22. The fourth-order valence-corrected chi connectivity index (χ4v) is 1.69. The Balaban J connectivity index is 2.92. The Labute approximate surface area is 92.2 Å². The Hall–Kier alpha value is -0.740. The van der Waals surface area contributed by atoms with E-state index in [4.69, 9.17) is 4.74 Å².